The number of furan rings is 1. The molecule has 3 nitrogen and oxygen atoms in total. The van der Waals surface area contributed by atoms with Crippen molar-refractivity contribution in [2.24, 2.45) is 5.73 Å². The van der Waals surface area contributed by atoms with Crippen LogP contribution < -0.4 is 5.73 Å². The molecule has 0 aliphatic carbocycles. The van der Waals surface area contributed by atoms with Gasteiger partial charge < -0.3 is 15.3 Å². The topological polar surface area (TPSA) is 59.4 Å². The molecule has 1 aromatic heterocycles. The van der Waals surface area contributed by atoms with Crippen LogP contribution in [0.4, 0.5) is 0 Å². The van der Waals surface area contributed by atoms with Crippen molar-refractivity contribution < 1.29 is 9.52 Å². The molecule has 0 aromatic carbocycles. The van der Waals surface area contributed by atoms with Crippen molar-refractivity contribution in [1.29, 1.82) is 0 Å². The number of nitrogens with two attached hydrogens (primary N) is 1. The Balaban J connectivity index is 2.92. The highest BCUT2D eigenvalue weighted by molar-refractivity contribution is 9.10. The van der Waals surface area contributed by atoms with Crippen molar-refractivity contribution >= 4 is 15.9 Å². The van der Waals surface area contributed by atoms with Gasteiger partial charge in [0.05, 0.1) is 13.2 Å². The second-order valence-corrected chi connectivity index (χ2v) is 2.59. The van der Waals surface area contributed by atoms with Gasteiger partial charge in [-0.15, -0.1) is 0 Å². The minimum atomic E-state index is -0.0237. The van der Waals surface area contributed by atoms with E-state index in [1.54, 1.807) is 6.07 Å². The Morgan fingerprint density at radius 2 is 2.40 bits per heavy atom. The van der Waals surface area contributed by atoms with E-state index < -0.39 is 0 Å². The lowest BCUT2D eigenvalue weighted by molar-refractivity contribution is 0.279. The Morgan fingerprint density at radius 1 is 1.70 bits per heavy atom. The van der Waals surface area contributed by atoms with Gasteiger partial charge in [0.25, 0.3) is 0 Å². The quantitative estimate of drug-likeness (QED) is 0.758. The molecule has 0 aliphatic rings. The summed E-state index contributed by atoms with van der Waals surface area (Å²) in [6, 6.07) is 1.73. The van der Waals surface area contributed by atoms with Gasteiger partial charge in [0.1, 0.15) is 5.76 Å². The first-order chi connectivity index (χ1) is 4.77. The molecular formula is C6H8BrNO2. The maximum atomic E-state index is 8.70. The van der Waals surface area contributed by atoms with Crippen LogP contribution in [-0.2, 0) is 13.2 Å². The van der Waals surface area contributed by atoms with Crippen molar-refractivity contribution in [3.8, 4) is 0 Å². The number of aliphatic hydroxyl groups is 1. The summed E-state index contributed by atoms with van der Waals surface area (Å²) in [5.41, 5.74) is 6.03. The van der Waals surface area contributed by atoms with Crippen molar-refractivity contribution in [1.82, 2.24) is 0 Å². The number of hydrogen-bond acceptors (Lipinski definition) is 3. The fraction of sp³-hybridized carbons (Fsp3) is 0.333. The highest BCUT2D eigenvalue weighted by Gasteiger charge is 2.04. The van der Waals surface area contributed by atoms with Crippen molar-refractivity contribution in [2.45, 2.75) is 13.2 Å². The SMILES string of the molecule is NCc1cc(CO)c(Br)o1. The molecule has 0 atom stereocenters. The van der Waals surface area contributed by atoms with E-state index in [2.05, 4.69) is 15.9 Å². The Morgan fingerprint density at radius 3 is 2.70 bits per heavy atom. The van der Waals surface area contributed by atoms with E-state index in [4.69, 9.17) is 15.3 Å². The zero-order chi connectivity index (χ0) is 7.56. The molecule has 0 amide bonds. The summed E-state index contributed by atoms with van der Waals surface area (Å²) in [5.74, 6) is 0.677. The van der Waals surface area contributed by atoms with E-state index in [9.17, 15) is 0 Å². The first kappa shape index (κ1) is 7.78. The fourth-order valence-electron chi connectivity index (χ4n) is 0.670. The third-order valence-corrected chi connectivity index (χ3v) is 1.85. The maximum Gasteiger partial charge on any atom is 0.174 e. The third-order valence-electron chi connectivity index (χ3n) is 1.18. The number of halogens is 1. The van der Waals surface area contributed by atoms with Gasteiger partial charge in [-0.25, -0.2) is 0 Å². The number of rotatable bonds is 2. The maximum absolute atomic E-state index is 8.70. The fourth-order valence-corrected chi connectivity index (χ4v) is 1.12. The van der Waals surface area contributed by atoms with Gasteiger partial charge in [0.2, 0.25) is 0 Å². The zero-order valence-electron chi connectivity index (χ0n) is 5.30. The van der Waals surface area contributed by atoms with Crippen LogP contribution in [0, 0.1) is 0 Å². The lowest BCUT2D eigenvalue weighted by atomic mass is 10.3. The lowest BCUT2D eigenvalue weighted by Crippen LogP contribution is -1.92. The summed E-state index contributed by atoms with van der Waals surface area (Å²) >= 11 is 3.14. The molecule has 56 valence electrons. The summed E-state index contributed by atoms with van der Waals surface area (Å²) in [4.78, 5) is 0. The molecule has 1 rings (SSSR count). The van der Waals surface area contributed by atoms with Gasteiger partial charge in [0.15, 0.2) is 4.67 Å². The Labute approximate surface area is 67.0 Å². The molecule has 0 radical (unpaired) electrons. The molecular weight excluding hydrogens is 198 g/mol. The van der Waals surface area contributed by atoms with Crippen LogP contribution in [0.1, 0.15) is 11.3 Å². The number of aliphatic hydroxyl groups excluding tert-OH is 1. The molecule has 0 fully saturated rings. The second kappa shape index (κ2) is 3.18. The first-order valence-corrected chi connectivity index (χ1v) is 3.65. The third kappa shape index (κ3) is 1.39. The van der Waals surface area contributed by atoms with Crippen LogP contribution >= 0.6 is 15.9 Å². The Kier molecular flexibility index (Phi) is 2.48. The highest BCUT2D eigenvalue weighted by atomic mass is 79.9. The zero-order valence-corrected chi connectivity index (χ0v) is 6.89. The molecule has 1 aromatic rings. The minimum absolute atomic E-state index is 0.0237. The van der Waals surface area contributed by atoms with Gasteiger partial charge in [0, 0.05) is 5.56 Å². The Hall–Kier alpha value is -0.320. The smallest absolute Gasteiger partial charge is 0.174 e. The van der Waals surface area contributed by atoms with Gasteiger partial charge in [-0.05, 0) is 22.0 Å². The molecule has 0 bridgehead atoms. The predicted octanol–water partition coefficient (Wildman–Crippen LogP) is 0.993. The predicted molar refractivity (Wildman–Crippen MR) is 40.2 cm³/mol. The van der Waals surface area contributed by atoms with E-state index >= 15 is 0 Å². The normalized spacial score (nSPS) is 10.3. The molecule has 1 heterocycles. The molecule has 10 heavy (non-hydrogen) atoms. The molecule has 3 N–H and O–H groups in total. The summed E-state index contributed by atoms with van der Waals surface area (Å²) in [7, 11) is 0. The summed E-state index contributed by atoms with van der Waals surface area (Å²) in [6.45, 7) is 0.336. The van der Waals surface area contributed by atoms with E-state index in [0.29, 0.717) is 17.0 Å². The standard InChI is InChI=1S/C6H8BrNO2/c7-6-4(3-9)1-5(2-8)10-6/h1,9H,2-3,8H2. The number of hydrogen-bond donors (Lipinski definition) is 2. The molecule has 4 heteroatoms. The van der Waals surface area contributed by atoms with Crippen LogP contribution in [0.25, 0.3) is 0 Å². The summed E-state index contributed by atoms with van der Waals surface area (Å²) in [5, 5.41) is 8.70. The van der Waals surface area contributed by atoms with Crippen LogP contribution in [-0.4, -0.2) is 5.11 Å². The van der Waals surface area contributed by atoms with Gasteiger partial charge >= 0.3 is 0 Å². The monoisotopic (exact) mass is 205 g/mol. The van der Waals surface area contributed by atoms with Crippen molar-refractivity contribution in [3.63, 3.8) is 0 Å². The average molecular weight is 206 g/mol. The van der Waals surface area contributed by atoms with E-state index in [-0.39, 0.29) is 6.61 Å². The first-order valence-electron chi connectivity index (χ1n) is 2.86. The molecule has 0 unspecified atom stereocenters. The van der Waals surface area contributed by atoms with Gasteiger partial charge in [-0.1, -0.05) is 0 Å². The van der Waals surface area contributed by atoms with Crippen molar-refractivity contribution in [3.05, 3.63) is 22.1 Å². The van der Waals surface area contributed by atoms with E-state index in [0.717, 1.165) is 5.56 Å². The van der Waals surface area contributed by atoms with Crippen LogP contribution in [0.2, 0.25) is 0 Å². The van der Waals surface area contributed by atoms with Gasteiger partial charge in [-0.2, -0.15) is 0 Å². The summed E-state index contributed by atoms with van der Waals surface area (Å²) in [6.07, 6.45) is 0. The molecule has 0 spiro atoms. The Bertz CT molecular complexity index is 222. The van der Waals surface area contributed by atoms with Crippen LogP contribution in [0.15, 0.2) is 15.2 Å². The van der Waals surface area contributed by atoms with Gasteiger partial charge in [-0.3, -0.25) is 0 Å². The largest absolute Gasteiger partial charge is 0.453 e. The van der Waals surface area contributed by atoms with Crippen LogP contribution in [0.3, 0.4) is 0 Å². The van der Waals surface area contributed by atoms with E-state index in [1.807, 2.05) is 0 Å². The highest BCUT2D eigenvalue weighted by Crippen LogP contribution is 2.20. The second-order valence-electron chi connectivity index (χ2n) is 1.87. The molecule has 0 aliphatic heterocycles. The lowest BCUT2D eigenvalue weighted by Gasteiger charge is -1.84. The molecule has 0 saturated carbocycles. The van der Waals surface area contributed by atoms with Crippen LogP contribution in [0.5, 0.6) is 0 Å². The van der Waals surface area contributed by atoms with Crippen molar-refractivity contribution in [2.75, 3.05) is 0 Å². The minimum Gasteiger partial charge on any atom is -0.453 e. The van der Waals surface area contributed by atoms with E-state index in [1.165, 1.54) is 0 Å². The average Bonchev–Trinajstić information content (AvgIpc) is 2.30. The molecule has 0 saturated heterocycles. The summed E-state index contributed by atoms with van der Waals surface area (Å²) < 4.78 is 5.65.